The van der Waals surface area contributed by atoms with E-state index in [9.17, 15) is 10.1 Å². The lowest BCUT2D eigenvalue weighted by Gasteiger charge is -2.32. The molecule has 0 spiro atoms. The Balaban J connectivity index is 2.33. The fourth-order valence-electron chi connectivity index (χ4n) is 3.34. The fraction of sp³-hybridized carbons (Fsp3) is 0.625. The van der Waals surface area contributed by atoms with E-state index in [1.807, 2.05) is 0 Å². The molecule has 1 unspecified atom stereocenters. The number of hydrogen-bond donors (Lipinski definition) is 1. The maximum atomic E-state index is 11.4. The second kappa shape index (κ2) is 7.45. The lowest BCUT2D eigenvalue weighted by atomic mass is 9.99. The van der Waals surface area contributed by atoms with E-state index in [1.54, 1.807) is 13.2 Å². The van der Waals surface area contributed by atoms with Crippen LogP contribution in [0.3, 0.4) is 0 Å². The Morgan fingerprint density at radius 2 is 1.95 bits per heavy atom. The van der Waals surface area contributed by atoms with Crippen molar-refractivity contribution in [3.05, 3.63) is 27.8 Å². The number of rotatable bonds is 6. The summed E-state index contributed by atoms with van der Waals surface area (Å²) in [5.74, 6) is 0.950. The van der Waals surface area contributed by atoms with Gasteiger partial charge in [0.05, 0.1) is 43.4 Å². The van der Waals surface area contributed by atoms with Crippen molar-refractivity contribution in [2.75, 3.05) is 20.8 Å². The van der Waals surface area contributed by atoms with Crippen LogP contribution < -0.4 is 14.4 Å². The van der Waals surface area contributed by atoms with Crippen molar-refractivity contribution < 1.29 is 19.3 Å². The zero-order valence-electron chi connectivity index (χ0n) is 13.6. The zero-order valence-corrected chi connectivity index (χ0v) is 13.6. The molecule has 1 aliphatic rings. The van der Waals surface area contributed by atoms with Gasteiger partial charge in [0.1, 0.15) is 6.54 Å². The number of likely N-dealkylation sites (tertiary alicyclic amines) is 1. The van der Waals surface area contributed by atoms with Gasteiger partial charge in [-0.05, 0) is 31.7 Å². The van der Waals surface area contributed by atoms with Crippen LogP contribution in [0.4, 0.5) is 5.69 Å². The van der Waals surface area contributed by atoms with Crippen LogP contribution >= 0.6 is 0 Å². The average Bonchev–Trinajstić information content (AvgIpc) is 2.54. The van der Waals surface area contributed by atoms with Crippen molar-refractivity contribution in [3.63, 3.8) is 0 Å². The molecule has 1 aromatic carbocycles. The van der Waals surface area contributed by atoms with Gasteiger partial charge in [-0.15, -0.1) is 0 Å². The molecule has 0 amide bonds. The number of ether oxygens (including phenoxy) is 2. The van der Waals surface area contributed by atoms with Gasteiger partial charge in [0, 0.05) is 0 Å². The number of hydrogen-bond acceptors (Lipinski definition) is 4. The quantitative estimate of drug-likeness (QED) is 0.644. The molecule has 0 saturated carbocycles. The second-order valence-corrected chi connectivity index (χ2v) is 5.78. The topological polar surface area (TPSA) is 66.0 Å². The van der Waals surface area contributed by atoms with Gasteiger partial charge in [-0.25, -0.2) is 0 Å². The number of nitrogens with zero attached hydrogens (tertiary/aromatic N) is 1. The van der Waals surface area contributed by atoms with E-state index in [2.05, 4.69) is 6.92 Å². The molecule has 1 fully saturated rings. The number of piperidine rings is 1. The predicted octanol–water partition coefficient (Wildman–Crippen LogP) is 1.96. The minimum Gasteiger partial charge on any atom is -0.493 e. The molecule has 122 valence electrons. The van der Waals surface area contributed by atoms with Crippen molar-refractivity contribution in [1.29, 1.82) is 0 Å². The maximum absolute atomic E-state index is 11.4. The monoisotopic (exact) mass is 309 g/mol. The molecule has 0 aromatic heterocycles. The van der Waals surface area contributed by atoms with E-state index in [4.69, 9.17) is 9.47 Å². The Bertz CT molecular complexity index is 533. The van der Waals surface area contributed by atoms with Crippen LogP contribution in [-0.2, 0) is 6.54 Å². The number of benzene rings is 1. The van der Waals surface area contributed by atoms with Crippen LogP contribution in [0, 0.1) is 10.1 Å². The molecule has 0 radical (unpaired) electrons. The first-order valence-corrected chi connectivity index (χ1v) is 7.84. The van der Waals surface area contributed by atoms with E-state index in [0.29, 0.717) is 24.1 Å². The molecule has 2 atom stereocenters. The third kappa shape index (κ3) is 3.50. The van der Waals surface area contributed by atoms with E-state index in [-0.39, 0.29) is 10.6 Å². The SMILES string of the molecule is CC[C@@H]1CCCC[NH+]1Cc1cc(OC)c(OC)cc1[N+](=O)[O-]. The summed E-state index contributed by atoms with van der Waals surface area (Å²) in [5, 5.41) is 11.4. The van der Waals surface area contributed by atoms with Crippen molar-refractivity contribution >= 4 is 5.69 Å². The summed E-state index contributed by atoms with van der Waals surface area (Å²) in [5.41, 5.74) is 0.837. The van der Waals surface area contributed by atoms with Crippen LogP contribution in [0.2, 0.25) is 0 Å². The number of nitro groups is 1. The highest BCUT2D eigenvalue weighted by atomic mass is 16.6. The highest BCUT2D eigenvalue weighted by Gasteiger charge is 2.28. The Morgan fingerprint density at radius 3 is 2.55 bits per heavy atom. The highest BCUT2D eigenvalue weighted by molar-refractivity contribution is 5.54. The Kier molecular flexibility index (Phi) is 5.60. The van der Waals surface area contributed by atoms with Crippen molar-refractivity contribution in [2.45, 2.75) is 45.2 Å². The molecule has 0 aliphatic carbocycles. The molecule has 2 rings (SSSR count). The summed E-state index contributed by atoms with van der Waals surface area (Å²) in [7, 11) is 3.04. The molecule has 22 heavy (non-hydrogen) atoms. The Labute approximate surface area is 131 Å². The third-order valence-corrected chi connectivity index (χ3v) is 4.57. The van der Waals surface area contributed by atoms with Gasteiger partial charge < -0.3 is 14.4 Å². The van der Waals surface area contributed by atoms with Gasteiger partial charge in [0.2, 0.25) is 0 Å². The van der Waals surface area contributed by atoms with Gasteiger partial charge >= 0.3 is 0 Å². The molecule has 1 aromatic rings. The lowest BCUT2D eigenvalue weighted by molar-refractivity contribution is -0.944. The Hall–Kier alpha value is -1.82. The first-order valence-electron chi connectivity index (χ1n) is 7.84. The first kappa shape index (κ1) is 16.5. The lowest BCUT2D eigenvalue weighted by Crippen LogP contribution is -3.15. The standard InChI is InChI=1S/C16H24N2O4/c1-4-13-7-5-6-8-17(13)11-12-9-15(21-2)16(22-3)10-14(12)18(19)20/h9-10,13H,4-8,11H2,1-3H3/p+1/t13-/m1/s1. The molecule has 1 aliphatic heterocycles. The molecule has 6 nitrogen and oxygen atoms in total. The molecule has 0 bridgehead atoms. The summed E-state index contributed by atoms with van der Waals surface area (Å²) in [6, 6.07) is 3.81. The molecule has 1 N–H and O–H groups in total. The van der Waals surface area contributed by atoms with Gasteiger partial charge in [-0.2, -0.15) is 0 Å². The number of nitro benzene ring substituents is 1. The van der Waals surface area contributed by atoms with Crippen LogP contribution in [0.5, 0.6) is 11.5 Å². The predicted molar refractivity (Wildman–Crippen MR) is 83.7 cm³/mol. The van der Waals surface area contributed by atoms with E-state index in [0.717, 1.165) is 18.5 Å². The third-order valence-electron chi connectivity index (χ3n) is 4.57. The number of nitrogens with one attached hydrogen (secondary N) is 1. The van der Waals surface area contributed by atoms with Crippen LogP contribution in [0.1, 0.15) is 38.2 Å². The fourth-order valence-corrected chi connectivity index (χ4v) is 3.34. The van der Waals surface area contributed by atoms with Gasteiger partial charge in [-0.3, -0.25) is 10.1 Å². The van der Waals surface area contributed by atoms with E-state index in [1.165, 1.54) is 37.3 Å². The molecule has 1 saturated heterocycles. The molecular formula is C16H25N2O4+. The van der Waals surface area contributed by atoms with Crippen molar-refractivity contribution in [3.8, 4) is 11.5 Å². The van der Waals surface area contributed by atoms with Gasteiger partial charge in [-0.1, -0.05) is 6.92 Å². The minimum atomic E-state index is -0.332. The van der Waals surface area contributed by atoms with Crippen LogP contribution in [0.15, 0.2) is 12.1 Å². The summed E-state index contributed by atoms with van der Waals surface area (Å²) >= 11 is 0. The minimum absolute atomic E-state index is 0.116. The zero-order chi connectivity index (χ0) is 16.1. The maximum Gasteiger partial charge on any atom is 0.282 e. The van der Waals surface area contributed by atoms with Crippen LogP contribution in [0.25, 0.3) is 0 Å². The summed E-state index contributed by atoms with van der Waals surface area (Å²) < 4.78 is 10.5. The van der Waals surface area contributed by atoms with Gasteiger partial charge in [0.25, 0.3) is 5.69 Å². The van der Waals surface area contributed by atoms with E-state index >= 15 is 0 Å². The molecule has 6 heteroatoms. The largest absolute Gasteiger partial charge is 0.493 e. The average molecular weight is 309 g/mol. The smallest absolute Gasteiger partial charge is 0.282 e. The molecule has 1 heterocycles. The first-order chi connectivity index (χ1) is 10.6. The van der Waals surface area contributed by atoms with Crippen LogP contribution in [-0.4, -0.2) is 31.7 Å². The normalized spacial score (nSPS) is 21.4. The summed E-state index contributed by atoms with van der Waals surface area (Å²) in [6.07, 6.45) is 4.76. The van der Waals surface area contributed by atoms with E-state index < -0.39 is 0 Å². The summed E-state index contributed by atoms with van der Waals surface area (Å²) in [6.45, 7) is 3.93. The molecular weight excluding hydrogens is 284 g/mol. The Morgan fingerprint density at radius 1 is 1.27 bits per heavy atom. The summed E-state index contributed by atoms with van der Waals surface area (Å²) in [4.78, 5) is 12.5. The highest BCUT2D eigenvalue weighted by Crippen LogP contribution is 2.34. The van der Waals surface area contributed by atoms with Crippen molar-refractivity contribution in [2.24, 2.45) is 0 Å². The number of quaternary nitrogens is 1. The van der Waals surface area contributed by atoms with Gasteiger partial charge in [0.15, 0.2) is 11.5 Å². The number of methoxy groups -OCH3 is 2. The van der Waals surface area contributed by atoms with Crippen molar-refractivity contribution in [1.82, 2.24) is 0 Å². The second-order valence-electron chi connectivity index (χ2n) is 5.78.